The Morgan fingerprint density at radius 3 is 2.23 bits per heavy atom. The molecule has 0 amide bonds. The lowest BCUT2D eigenvalue weighted by Crippen LogP contribution is -2.08. The summed E-state index contributed by atoms with van der Waals surface area (Å²) in [4.78, 5) is 12.5. The molecule has 0 saturated carbocycles. The van der Waals surface area contributed by atoms with Crippen LogP contribution in [0.15, 0.2) is 24.3 Å². The summed E-state index contributed by atoms with van der Waals surface area (Å²) in [5.74, 6) is 0.593. The molecule has 142 valence electrons. The van der Waals surface area contributed by atoms with Gasteiger partial charge >= 0.3 is 0 Å². The summed E-state index contributed by atoms with van der Waals surface area (Å²) in [7, 11) is 0. The number of aryl methyl sites for hydroxylation is 1. The Morgan fingerprint density at radius 2 is 1.58 bits per heavy atom. The molecule has 0 aliphatic carbocycles. The quantitative estimate of drug-likeness (QED) is 0.378. The summed E-state index contributed by atoms with van der Waals surface area (Å²) in [6, 6.07) is 7.92. The van der Waals surface area contributed by atoms with Crippen molar-refractivity contribution < 1.29 is 4.79 Å². The number of aromatic nitrogens is 4. The summed E-state index contributed by atoms with van der Waals surface area (Å²) in [6.45, 7) is 2.26. The maximum atomic E-state index is 12.5. The molecule has 0 radical (unpaired) electrons. The van der Waals surface area contributed by atoms with Gasteiger partial charge < -0.3 is 0 Å². The van der Waals surface area contributed by atoms with Crippen molar-refractivity contribution in [3.05, 3.63) is 41.2 Å². The molecule has 1 heterocycles. The molecule has 1 aromatic carbocycles. The van der Waals surface area contributed by atoms with Gasteiger partial charge in [0.05, 0.1) is 6.42 Å². The van der Waals surface area contributed by atoms with Crippen LogP contribution < -0.4 is 0 Å². The monoisotopic (exact) mass is 356 g/mol. The van der Waals surface area contributed by atoms with E-state index in [2.05, 4.69) is 33.6 Å². The number of benzene rings is 1. The third-order valence-electron chi connectivity index (χ3n) is 4.83. The van der Waals surface area contributed by atoms with Crippen LogP contribution >= 0.6 is 0 Å². The molecule has 5 heteroatoms. The van der Waals surface area contributed by atoms with E-state index in [-0.39, 0.29) is 12.2 Å². The zero-order valence-corrected chi connectivity index (χ0v) is 16.0. The SMILES string of the molecule is CCCCCCCCCCCCc1ccccc1C(=O)Cc1nnn[nH]1. The fraction of sp³-hybridized carbons (Fsp3) is 0.619. The van der Waals surface area contributed by atoms with Crippen molar-refractivity contribution in [2.45, 2.75) is 84.0 Å². The van der Waals surface area contributed by atoms with Crippen molar-refractivity contribution in [2.24, 2.45) is 0 Å². The van der Waals surface area contributed by atoms with Crippen LogP contribution in [0, 0.1) is 0 Å². The number of aromatic amines is 1. The molecule has 2 aromatic rings. The van der Waals surface area contributed by atoms with Crippen LogP contribution in [0.3, 0.4) is 0 Å². The number of rotatable bonds is 14. The van der Waals surface area contributed by atoms with Crippen molar-refractivity contribution in [2.75, 3.05) is 0 Å². The Labute approximate surface area is 157 Å². The molecular weight excluding hydrogens is 324 g/mol. The van der Waals surface area contributed by atoms with Gasteiger partial charge in [0.2, 0.25) is 0 Å². The van der Waals surface area contributed by atoms with Gasteiger partial charge in [-0.3, -0.25) is 4.79 Å². The zero-order valence-electron chi connectivity index (χ0n) is 16.0. The third-order valence-corrected chi connectivity index (χ3v) is 4.83. The van der Waals surface area contributed by atoms with Crippen LogP contribution in [-0.2, 0) is 12.8 Å². The highest BCUT2D eigenvalue weighted by atomic mass is 16.1. The molecule has 0 aliphatic heterocycles. The second-order valence-electron chi connectivity index (χ2n) is 7.04. The molecule has 0 aliphatic rings. The maximum absolute atomic E-state index is 12.5. The van der Waals surface area contributed by atoms with Gasteiger partial charge in [-0.15, -0.1) is 5.10 Å². The number of hydrogen-bond acceptors (Lipinski definition) is 4. The normalized spacial score (nSPS) is 11.0. The van der Waals surface area contributed by atoms with Gasteiger partial charge in [0, 0.05) is 5.56 Å². The van der Waals surface area contributed by atoms with E-state index in [9.17, 15) is 4.79 Å². The number of unbranched alkanes of at least 4 members (excludes halogenated alkanes) is 9. The first-order chi connectivity index (χ1) is 12.8. The van der Waals surface area contributed by atoms with Gasteiger partial charge in [-0.2, -0.15) is 0 Å². The average Bonchev–Trinajstić information content (AvgIpc) is 3.16. The highest BCUT2D eigenvalue weighted by molar-refractivity contribution is 5.98. The Bertz CT molecular complexity index is 625. The lowest BCUT2D eigenvalue weighted by Gasteiger charge is -2.08. The largest absolute Gasteiger partial charge is 0.294 e. The Morgan fingerprint density at radius 1 is 0.923 bits per heavy atom. The predicted octanol–water partition coefficient (Wildman–Crippen LogP) is 5.09. The maximum Gasteiger partial charge on any atom is 0.170 e. The van der Waals surface area contributed by atoms with Gasteiger partial charge in [-0.1, -0.05) is 89.0 Å². The lowest BCUT2D eigenvalue weighted by atomic mass is 9.96. The second-order valence-corrected chi connectivity index (χ2v) is 7.04. The number of tetrazole rings is 1. The first kappa shape index (κ1) is 20.3. The van der Waals surface area contributed by atoms with E-state index >= 15 is 0 Å². The zero-order chi connectivity index (χ0) is 18.5. The molecule has 0 saturated heterocycles. The average molecular weight is 357 g/mol. The number of hydrogen-bond donors (Lipinski definition) is 1. The predicted molar refractivity (Wildman–Crippen MR) is 104 cm³/mol. The summed E-state index contributed by atoms with van der Waals surface area (Å²) >= 11 is 0. The molecule has 26 heavy (non-hydrogen) atoms. The van der Waals surface area contributed by atoms with E-state index in [0.29, 0.717) is 5.82 Å². The number of nitrogens with one attached hydrogen (secondary N) is 1. The molecule has 1 N–H and O–H groups in total. The number of carbonyl (C=O) groups is 1. The van der Waals surface area contributed by atoms with E-state index in [1.807, 2.05) is 18.2 Å². The van der Waals surface area contributed by atoms with E-state index in [1.165, 1.54) is 57.8 Å². The molecule has 5 nitrogen and oxygen atoms in total. The molecule has 0 spiro atoms. The molecule has 0 atom stereocenters. The van der Waals surface area contributed by atoms with Crippen LogP contribution in [0.4, 0.5) is 0 Å². The number of Topliss-reactive ketones (excluding diaryl/α,β-unsaturated/α-hetero) is 1. The molecule has 2 rings (SSSR count). The van der Waals surface area contributed by atoms with Crippen molar-refractivity contribution in [3.63, 3.8) is 0 Å². The van der Waals surface area contributed by atoms with Crippen LogP contribution in [0.1, 0.15) is 92.9 Å². The summed E-state index contributed by atoms with van der Waals surface area (Å²) in [5, 5.41) is 13.5. The number of nitrogens with zero attached hydrogens (tertiary/aromatic N) is 3. The van der Waals surface area contributed by atoms with Crippen molar-refractivity contribution in [1.82, 2.24) is 20.6 Å². The summed E-state index contributed by atoms with van der Waals surface area (Å²) < 4.78 is 0. The van der Waals surface area contributed by atoms with Crippen molar-refractivity contribution >= 4 is 5.78 Å². The third kappa shape index (κ3) is 7.46. The van der Waals surface area contributed by atoms with Gasteiger partial charge in [-0.05, 0) is 28.8 Å². The highest BCUT2D eigenvalue weighted by Crippen LogP contribution is 2.16. The Kier molecular flexibility index (Phi) is 9.62. The van der Waals surface area contributed by atoms with Gasteiger partial charge in [0.25, 0.3) is 0 Å². The molecule has 0 bridgehead atoms. The minimum Gasteiger partial charge on any atom is -0.294 e. The number of ketones is 1. The smallest absolute Gasteiger partial charge is 0.170 e. The minimum absolute atomic E-state index is 0.0752. The van der Waals surface area contributed by atoms with E-state index in [4.69, 9.17) is 0 Å². The summed E-state index contributed by atoms with van der Waals surface area (Å²) in [6.07, 6.45) is 14.4. The van der Waals surface area contributed by atoms with Crippen molar-refractivity contribution in [1.29, 1.82) is 0 Å². The van der Waals surface area contributed by atoms with Crippen LogP contribution in [-0.4, -0.2) is 26.4 Å². The van der Waals surface area contributed by atoms with E-state index in [0.717, 1.165) is 24.0 Å². The van der Waals surface area contributed by atoms with Gasteiger partial charge in [0.15, 0.2) is 11.6 Å². The lowest BCUT2D eigenvalue weighted by molar-refractivity contribution is 0.0990. The Hall–Kier alpha value is -2.04. The summed E-state index contributed by atoms with van der Waals surface area (Å²) in [5.41, 5.74) is 1.95. The van der Waals surface area contributed by atoms with Gasteiger partial charge in [-0.25, -0.2) is 5.10 Å². The highest BCUT2D eigenvalue weighted by Gasteiger charge is 2.13. The molecule has 1 aromatic heterocycles. The van der Waals surface area contributed by atoms with E-state index in [1.54, 1.807) is 0 Å². The second kappa shape index (κ2) is 12.3. The first-order valence-electron chi connectivity index (χ1n) is 10.1. The molecule has 0 unspecified atom stereocenters. The fourth-order valence-electron chi connectivity index (χ4n) is 3.31. The molecule has 0 fully saturated rings. The number of H-pyrrole nitrogens is 1. The van der Waals surface area contributed by atoms with Crippen LogP contribution in [0.5, 0.6) is 0 Å². The Balaban J connectivity index is 1.66. The van der Waals surface area contributed by atoms with Crippen molar-refractivity contribution in [3.8, 4) is 0 Å². The first-order valence-corrected chi connectivity index (χ1v) is 10.1. The number of carbonyl (C=O) groups excluding carboxylic acids is 1. The topological polar surface area (TPSA) is 71.5 Å². The van der Waals surface area contributed by atoms with Gasteiger partial charge in [0.1, 0.15) is 0 Å². The van der Waals surface area contributed by atoms with Crippen LogP contribution in [0.25, 0.3) is 0 Å². The van der Waals surface area contributed by atoms with Crippen LogP contribution in [0.2, 0.25) is 0 Å². The molecular formula is C21H32N4O. The van der Waals surface area contributed by atoms with E-state index < -0.39 is 0 Å². The fourth-order valence-corrected chi connectivity index (χ4v) is 3.31. The standard InChI is InChI=1S/C21H32N4O/c1-2-3-4-5-6-7-8-9-10-11-14-18-15-12-13-16-19(18)20(26)17-21-22-24-25-23-21/h12-13,15-16H,2-11,14,17H2,1H3,(H,22,23,24,25). The minimum atomic E-state index is 0.0752.